The number of carbonyl (C=O) groups is 2. The summed E-state index contributed by atoms with van der Waals surface area (Å²) in [5.41, 5.74) is 1.60. The lowest BCUT2D eigenvalue weighted by Crippen LogP contribution is -2.47. The van der Waals surface area contributed by atoms with Crippen LogP contribution in [-0.2, 0) is 19.7 Å². The number of carbonyl (C=O) groups excluding carboxylic acids is 1. The van der Waals surface area contributed by atoms with E-state index in [1.807, 2.05) is 60.7 Å². The van der Waals surface area contributed by atoms with Crippen LogP contribution in [0.1, 0.15) is 36.8 Å². The fourth-order valence-corrected chi connectivity index (χ4v) is 3.64. The number of benzene rings is 2. The molecule has 1 saturated heterocycles. The minimum absolute atomic E-state index is 0.0284. The standard InChI is InChI=1S/C20H20O4/c21-18(22)12-11-17-20(14-13-19(23)24-17,15-7-3-1-4-8-15)16-9-5-2-6-10-16/h1-10,17H,11-14H2,(H,21,22). The van der Waals surface area contributed by atoms with Crippen molar-refractivity contribution in [1.29, 1.82) is 0 Å². The monoisotopic (exact) mass is 324 g/mol. The van der Waals surface area contributed by atoms with Gasteiger partial charge in [0, 0.05) is 12.8 Å². The van der Waals surface area contributed by atoms with E-state index in [4.69, 9.17) is 9.84 Å². The summed E-state index contributed by atoms with van der Waals surface area (Å²) in [6.07, 6.45) is 0.724. The van der Waals surface area contributed by atoms with Crippen LogP contribution in [0.3, 0.4) is 0 Å². The molecule has 1 heterocycles. The maximum Gasteiger partial charge on any atom is 0.306 e. The minimum Gasteiger partial charge on any atom is -0.481 e. The van der Waals surface area contributed by atoms with Gasteiger partial charge in [0.1, 0.15) is 6.10 Å². The molecule has 24 heavy (non-hydrogen) atoms. The van der Waals surface area contributed by atoms with Crippen molar-refractivity contribution in [3.63, 3.8) is 0 Å². The molecule has 0 aliphatic carbocycles. The Labute approximate surface area is 141 Å². The van der Waals surface area contributed by atoms with E-state index < -0.39 is 17.5 Å². The quantitative estimate of drug-likeness (QED) is 0.854. The van der Waals surface area contributed by atoms with Gasteiger partial charge in [0.25, 0.3) is 0 Å². The van der Waals surface area contributed by atoms with Crippen LogP contribution in [0.15, 0.2) is 60.7 Å². The third-order valence-corrected chi connectivity index (χ3v) is 4.75. The average molecular weight is 324 g/mol. The van der Waals surface area contributed by atoms with Gasteiger partial charge in [-0.25, -0.2) is 0 Å². The Morgan fingerprint density at radius 3 is 2.08 bits per heavy atom. The Hall–Kier alpha value is -2.62. The van der Waals surface area contributed by atoms with Gasteiger partial charge in [-0.1, -0.05) is 60.7 Å². The van der Waals surface area contributed by atoms with Crippen molar-refractivity contribution in [2.24, 2.45) is 0 Å². The second-order valence-corrected chi connectivity index (χ2v) is 6.11. The molecule has 124 valence electrons. The summed E-state index contributed by atoms with van der Waals surface area (Å²) in [4.78, 5) is 23.0. The predicted octanol–water partition coefficient (Wildman–Crippen LogP) is 3.54. The van der Waals surface area contributed by atoms with E-state index in [9.17, 15) is 9.59 Å². The highest BCUT2D eigenvalue weighted by Crippen LogP contribution is 2.45. The number of esters is 1. The van der Waals surface area contributed by atoms with Crippen molar-refractivity contribution >= 4 is 11.9 Å². The third-order valence-electron chi connectivity index (χ3n) is 4.75. The molecule has 0 radical (unpaired) electrons. The molecule has 0 aromatic heterocycles. The molecule has 2 aromatic rings. The Morgan fingerprint density at radius 1 is 1.04 bits per heavy atom. The zero-order valence-corrected chi connectivity index (χ0v) is 13.4. The Morgan fingerprint density at radius 2 is 1.58 bits per heavy atom. The number of hydrogen-bond acceptors (Lipinski definition) is 3. The van der Waals surface area contributed by atoms with Crippen LogP contribution in [0.2, 0.25) is 0 Å². The maximum atomic E-state index is 11.9. The first-order chi connectivity index (χ1) is 11.6. The highest BCUT2D eigenvalue weighted by atomic mass is 16.5. The van der Waals surface area contributed by atoms with E-state index in [1.165, 1.54) is 0 Å². The lowest BCUT2D eigenvalue weighted by atomic mass is 9.65. The van der Waals surface area contributed by atoms with Crippen molar-refractivity contribution in [2.75, 3.05) is 0 Å². The molecule has 0 bridgehead atoms. The fourth-order valence-electron chi connectivity index (χ4n) is 3.64. The molecule has 0 saturated carbocycles. The third kappa shape index (κ3) is 3.04. The summed E-state index contributed by atoms with van der Waals surface area (Å²) < 4.78 is 5.66. The molecule has 1 atom stereocenters. The normalized spacial score (nSPS) is 19.5. The molecule has 0 amide bonds. The number of cyclic esters (lactones) is 1. The summed E-state index contributed by atoms with van der Waals surface area (Å²) in [6.45, 7) is 0. The Kier molecular flexibility index (Phi) is 4.65. The van der Waals surface area contributed by atoms with E-state index in [1.54, 1.807) is 0 Å². The van der Waals surface area contributed by atoms with Crippen molar-refractivity contribution in [1.82, 2.24) is 0 Å². The average Bonchev–Trinajstić information content (AvgIpc) is 2.62. The van der Waals surface area contributed by atoms with E-state index in [2.05, 4.69) is 0 Å². The molecule has 4 nitrogen and oxygen atoms in total. The lowest BCUT2D eigenvalue weighted by Gasteiger charge is -2.44. The predicted molar refractivity (Wildman–Crippen MR) is 89.6 cm³/mol. The van der Waals surface area contributed by atoms with E-state index in [0.717, 1.165) is 11.1 Å². The number of hydrogen-bond donors (Lipinski definition) is 1. The molecule has 1 aliphatic rings. The van der Waals surface area contributed by atoms with E-state index >= 15 is 0 Å². The SMILES string of the molecule is O=C(O)CCC1OC(=O)CCC1(c1ccccc1)c1ccccc1. The molecule has 2 aromatic carbocycles. The van der Waals surface area contributed by atoms with E-state index in [-0.39, 0.29) is 12.4 Å². The molecule has 1 unspecified atom stereocenters. The zero-order chi connectivity index (χ0) is 17.0. The molecule has 1 aliphatic heterocycles. The molecule has 3 rings (SSSR count). The van der Waals surface area contributed by atoms with Crippen molar-refractivity contribution in [2.45, 2.75) is 37.2 Å². The van der Waals surface area contributed by atoms with Gasteiger partial charge in [-0.2, -0.15) is 0 Å². The first-order valence-corrected chi connectivity index (χ1v) is 8.15. The topological polar surface area (TPSA) is 63.6 Å². The lowest BCUT2D eigenvalue weighted by molar-refractivity contribution is -0.160. The minimum atomic E-state index is -0.883. The smallest absolute Gasteiger partial charge is 0.306 e. The highest BCUT2D eigenvalue weighted by molar-refractivity contribution is 5.72. The number of rotatable bonds is 5. The van der Waals surface area contributed by atoms with Gasteiger partial charge >= 0.3 is 11.9 Å². The van der Waals surface area contributed by atoms with E-state index in [0.29, 0.717) is 19.3 Å². The first kappa shape index (κ1) is 16.2. The summed E-state index contributed by atoms with van der Waals surface area (Å²) in [5.74, 6) is -1.14. The Bertz CT molecular complexity index is 669. The molecule has 1 fully saturated rings. The maximum absolute atomic E-state index is 11.9. The summed E-state index contributed by atoms with van der Waals surface area (Å²) >= 11 is 0. The molecular formula is C20H20O4. The summed E-state index contributed by atoms with van der Waals surface area (Å²) in [5, 5.41) is 9.08. The number of ether oxygens (including phenoxy) is 1. The van der Waals surface area contributed by atoms with Crippen LogP contribution in [0.25, 0.3) is 0 Å². The summed E-state index contributed by atoms with van der Waals surface area (Å²) in [7, 11) is 0. The van der Waals surface area contributed by atoms with Crippen molar-refractivity contribution in [3.8, 4) is 0 Å². The Balaban J connectivity index is 2.11. The van der Waals surface area contributed by atoms with Gasteiger partial charge in [-0.05, 0) is 24.0 Å². The second-order valence-electron chi connectivity index (χ2n) is 6.11. The van der Waals surface area contributed by atoms with Gasteiger partial charge in [0.15, 0.2) is 0 Å². The second kappa shape index (κ2) is 6.87. The van der Waals surface area contributed by atoms with Crippen molar-refractivity contribution in [3.05, 3.63) is 71.8 Å². The number of carboxylic acids is 1. The van der Waals surface area contributed by atoms with Crippen LogP contribution in [-0.4, -0.2) is 23.1 Å². The largest absolute Gasteiger partial charge is 0.481 e. The summed E-state index contributed by atoms with van der Waals surface area (Å²) in [6, 6.07) is 19.9. The number of carboxylic acid groups (broad SMARTS) is 1. The van der Waals surface area contributed by atoms with Crippen LogP contribution >= 0.6 is 0 Å². The van der Waals surface area contributed by atoms with Gasteiger partial charge < -0.3 is 9.84 Å². The fraction of sp³-hybridized carbons (Fsp3) is 0.300. The zero-order valence-electron chi connectivity index (χ0n) is 13.4. The number of aliphatic carboxylic acids is 1. The van der Waals surface area contributed by atoms with Gasteiger partial charge in [-0.15, -0.1) is 0 Å². The first-order valence-electron chi connectivity index (χ1n) is 8.15. The van der Waals surface area contributed by atoms with Gasteiger partial charge in [-0.3, -0.25) is 9.59 Å². The van der Waals surface area contributed by atoms with Crippen LogP contribution in [0.4, 0.5) is 0 Å². The molecule has 1 N–H and O–H groups in total. The van der Waals surface area contributed by atoms with Crippen LogP contribution in [0, 0.1) is 0 Å². The highest BCUT2D eigenvalue weighted by Gasteiger charge is 2.47. The van der Waals surface area contributed by atoms with Crippen molar-refractivity contribution < 1.29 is 19.4 Å². The van der Waals surface area contributed by atoms with Crippen LogP contribution in [0.5, 0.6) is 0 Å². The van der Waals surface area contributed by atoms with Crippen LogP contribution < -0.4 is 0 Å². The molecular weight excluding hydrogens is 304 g/mol. The molecule has 0 spiro atoms. The molecule has 4 heteroatoms. The van der Waals surface area contributed by atoms with Gasteiger partial charge in [0.2, 0.25) is 0 Å². The van der Waals surface area contributed by atoms with Gasteiger partial charge in [0.05, 0.1) is 5.41 Å².